The third kappa shape index (κ3) is 3.88. The number of para-hydroxylation sites is 1. The molecule has 3 nitrogen and oxygen atoms in total. The van der Waals surface area contributed by atoms with Crippen LogP contribution in [0.25, 0.3) is 82.9 Å². The van der Waals surface area contributed by atoms with Crippen molar-refractivity contribution in [3.8, 4) is 39.3 Å². The second kappa shape index (κ2) is 9.97. The summed E-state index contributed by atoms with van der Waals surface area (Å²) in [7, 11) is 0. The highest BCUT2D eigenvalue weighted by Crippen LogP contribution is 2.50. The molecule has 10 rings (SSSR count). The van der Waals surface area contributed by atoms with Crippen molar-refractivity contribution in [2.45, 2.75) is 19.3 Å². The molecule has 0 saturated heterocycles. The van der Waals surface area contributed by atoms with Crippen molar-refractivity contribution in [3.63, 3.8) is 0 Å². The van der Waals surface area contributed by atoms with Gasteiger partial charge in [0.15, 0.2) is 5.82 Å². The van der Waals surface area contributed by atoms with E-state index in [2.05, 4.69) is 170 Å². The molecule has 226 valence electrons. The molecule has 9 aromatic rings. The number of rotatable bonds is 3. The Morgan fingerprint density at radius 2 is 1.17 bits per heavy atom. The molecule has 0 amide bonds. The van der Waals surface area contributed by atoms with E-state index in [1.165, 1.54) is 43.8 Å². The molecule has 0 radical (unpaired) electrons. The molecule has 0 saturated carbocycles. The summed E-state index contributed by atoms with van der Waals surface area (Å²) in [4.78, 5) is 11.0. The van der Waals surface area contributed by atoms with Crippen molar-refractivity contribution in [3.05, 3.63) is 163 Å². The minimum atomic E-state index is -0.122. The predicted octanol–water partition coefficient (Wildman–Crippen LogP) is 11.5. The molecule has 0 aliphatic heterocycles. The average molecular weight is 614 g/mol. The van der Waals surface area contributed by atoms with Crippen LogP contribution in [-0.4, -0.2) is 14.5 Å². The smallest absolute Gasteiger partial charge is 0.165 e. The highest BCUT2D eigenvalue weighted by molar-refractivity contribution is 6.14. The largest absolute Gasteiger partial charge is 0.292 e. The third-order valence-corrected chi connectivity index (χ3v) is 10.4. The first kappa shape index (κ1) is 27.1. The Morgan fingerprint density at radius 1 is 0.458 bits per heavy atom. The Morgan fingerprint density at radius 3 is 2.04 bits per heavy atom. The van der Waals surface area contributed by atoms with E-state index in [9.17, 15) is 0 Å². The first-order valence-corrected chi connectivity index (χ1v) is 16.6. The van der Waals surface area contributed by atoms with Gasteiger partial charge in [-0.25, -0.2) is 9.97 Å². The fourth-order valence-corrected chi connectivity index (χ4v) is 7.94. The lowest BCUT2D eigenvalue weighted by Gasteiger charge is -2.22. The van der Waals surface area contributed by atoms with E-state index in [4.69, 9.17) is 9.97 Å². The number of hydrogen-bond acceptors (Lipinski definition) is 2. The normalized spacial score (nSPS) is 13.4. The zero-order chi connectivity index (χ0) is 32.0. The molecule has 0 fully saturated rings. The van der Waals surface area contributed by atoms with Crippen molar-refractivity contribution in [1.29, 1.82) is 0 Å². The number of hydrogen-bond donors (Lipinski definition) is 0. The zero-order valence-corrected chi connectivity index (χ0v) is 26.8. The van der Waals surface area contributed by atoms with Gasteiger partial charge in [0.2, 0.25) is 0 Å². The molecular formula is C45H31N3. The van der Waals surface area contributed by atoms with E-state index in [-0.39, 0.29) is 5.41 Å². The molecule has 0 unspecified atom stereocenters. The van der Waals surface area contributed by atoms with Crippen molar-refractivity contribution in [2.75, 3.05) is 0 Å². The molecule has 0 spiro atoms. The van der Waals surface area contributed by atoms with Gasteiger partial charge in [-0.2, -0.15) is 0 Å². The summed E-state index contributed by atoms with van der Waals surface area (Å²) in [5.74, 6) is 0.836. The van der Waals surface area contributed by atoms with Gasteiger partial charge in [0, 0.05) is 21.8 Å². The molecule has 1 aliphatic rings. The van der Waals surface area contributed by atoms with Gasteiger partial charge in [0.25, 0.3) is 0 Å². The first-order valence-electron chi connectivity index (χ1n) is 16.6. The average Bonchev–Trinajstić information content (AvgIpc) is 3.57. The Kier molecular flexibility index (Phi) is 5.63. The van der Waals surface area contributed by atoms with Crippen LogP contribution in [0.5, 0.6) is 0 Å². The number of fused-ring (bicyclic) bond motifs is 8. The highest BCUT2D eigenvalue weighted by atomic mass is 15.1. The molecule has 3 heteroatoms. The van der Waals surface area contributed by atoms with Gasteiger partial charge in [0.05, 0.1) is 22.1 Å². The molecule has 48 heavy (non-hydrogen) atoms. The third-order valence-electron chi connectivity index (χ3n) is 10.4. The molecule has 7 aromatic carbocycles. The summed E-state index contributed by atoms with van der Waals surface area (Å²) in [6.45, 7) is 4.66. The van der Waals surface area contributed by atoms with Gasteiger partial charge in [-0.05, 0) is 80.6 Å². The summed E-state index contributed by atoms with van der Waals surface area (Å²) < 4.78 is 2.33. The van der Waals surface area contributed by atoms with Gasteiger partial charge in [-0.1, -0.05) is 129 Å². The van der Waals surface area contributed by atoms with E-state index in [0.29, 0.717) is 0 Å². The maximum atomic E-state index is 5.53. The van der Waals surface area contributed by atoms with Crippen LogP contribution in [0.2, 0.25) is 0 Å². The van der Waals surface area contributed by atoms with Crippen molar-refractivity contribution < 1.29 is 0 Å². The summed E-state index contributed by atoms with van der Waals surface area (Å²) in [6.07, 6.45) is 0. The second-order valence-corrected chi connectivity index (χ2v) is 13.5. The van der Waals surface area contributed by atoms with Gasteiger partial charge >= 0.3 is 0 Å². The zero-order valence-electron chi connectivity index (χ0n) is 26.8. The lowest BCUT2D eigenvalue weighted by atomic mass is 9.82. The second-order valence-electron chi connectivity index (χ2n) is 13.5. The van der Waals surface area contributed by atoms with Crippen molar-refractivity contribution >= 4 is 43.6 Å². The van der Waals surface area contributed by atoms with Crippen LogP contribution in [0.15, 0.2) is 152 Å². The van der Waals surface area contributed by atoms with Crippen LogP contribution in [0.1, 0.15) is 25.0 Å². The van der Waals surface area contributed by atoms with Crippen LogP contribution in [-0.2, 0) is 5.41 Å². The summed E-state index contributed by atoms with van der Waals surface area (Å²) in [5, 5.41) is 4.84. The van der Waals surface area contributed by atoms with Gasteiger partial charge in [-0.3, -0.25) is 4.57 Å². The van der Waals surface area contributed by atoms with Crippen LogP contribution < -0.4 is 0 Å². The fourth-order valence-electron chi connectivity index (χ4n) is 7.94. The predicted molar refractivity (Wildman–Crippen MR) is 200 cm³/mol. The maximum absolute atomic E-state index is 5.53. The standard InChI is InChI=1S/C45H31N3/c1-45(2)37-18-10-8-16-33(37)34-22-20-32(25-38(34)45)43-44(47-40-26-31(21-23-39(40)46-43)28-12-4-3-5-13-28)48-41-19-11-9-17-35(41)36-24-29-14-6-7-15-30(29)27-42(36)48/h3-27H,1-2H3. The Balaban J connectivity index is 1.30. The molecule has 0 bridgehead atoms. The number of benzene rings is 7. The number of nitrogens with zero attached hydrogens (tertiary/aromatic N) is 3. The quantitative estimate of drug-likeness (QED) is 0.198. The van der Waals surface area contributed by atoms with E-state index in [0.717, 1.165) is 50.3 Å². The Labute approximate surface area is 278 Å². The molecule has 0 N–H and O–H groups in total. The monoisotopic (exact) mass is 613 g/mol. The Hall–Kier alpha value is -6.06. The van der Waals surface area contributed by atoms with E-state index < -0.39 is 0 Å². The summed E-state index contributed by atoms with van der Waals surface area (Å²) in [5.41, 5.74) is 13.4. The van der Waals surface area contributed by atoms with Gasteiger partial charge in [-0.15, -0.1) is 0 Å². The SMILES string of the molecule is CC1(C)c2ccccc2-c2ccc(-c3nc4ccc(-c5ccccc5)cc4nc3-n3c4ccccc4c4cc5ccccc5cc43)cc21. The van der Waals surface area contributed by atoms with Gasteiger partial charge < -0.3 is 0 Å². The molecule has 1 aliphatic carbocycles. The van der Waals surface area contributed by atoms with E-state index >= 15 is 0 Å². The van der Waals surface area contributed by atoms with Crippen LogP contribution in [0.4, 0.5) is 0 Å². The summed E-state index contributed by atoms with van der Waals surface area (Å²) >= 11 is 0. The first-order chi connectivity index (χ1) is 23.5. The summed E-state index contributed by atoms with van der Waals surface area (Å²) in [6, 6.07) is 54.5. The number of aromatic nitrogens is 3. The van der Waals surface area contributed by atoms with E-state index in [1.807, 2.05) is 0 Å². The Bertz CT molecular complexity index is 2750. The topological polar surface area (TPSA) is 30.7 Å². The van der Waals surface area contributed by atoms with E-state index in [1.54, 1.807) is 0 Å². The molecule has 2 aromatic heterocycles. The molecule has 2 heterocycles. The van der Waals surface area contributed by atoms with Gasteiger partial charge in [0.1, 0.15) is 5.69 Å². The van der Waals surface area contributed by atoms with Crippen LogP contribution in [0.3, 0.4) is 0 Å². The lowest BCUT2D eigenvalue weighted by Crippen LogP contribution is -2.15. The van der Waals surface area contributed by atoms with Crippen molar-refractivity contribution in [1.82, 2.24) is 14.5 Å². The van der Waals surface area contributed by atoms with Crippen molar-refractivity contribution in [2.24, 2.45) is 0 Å². The fraction of sp³-hybridized carbons (Fsp3) is 0.0667. The van der Waals surface area contributed by atoms with Crippen LogP contribution >= 0.6 is 0 Å². The minimum Gasteiger partial charge on any atom is -0.292 e. The highest BCUT2D eigenvalue weighted by Gasteiger charge is 2.35. The lowest BCUT2D eigenvalue weighted by molar-refractivity contribution is 0.660. The minimum absolute atomic E-state index is 0.122. The molecule has 0 atom stereocenters. The molecular weight excluding hydrogens is 583 g/mol. The maximum Gasteiger partial charge on any atom is 0.165 e. The van der Waals surface area contributed by atoms with Crippen LogP contribution in [0, 0.1) is 0 Å².